The van der Waals surface area contributed by atoms with E-state index in [-0.39, 0.29) is 12.5 Å². The summed E-state index contributed by atoms with van der Waals surface area (Å²) in [6.45, 7) is -2.73. The summed E-state index contributed by atoms with van der Waals surface area (Å²) in [5.41, 5.74) is 0.780. The van der Waals surface area contributed by atoms with Crippen LogP contribution in [0.5, 0.6) is 11.5 Å². The second-order valence-electron chi connectivity index (χ2n) is 5.35. The molecule has 0 bridgehead atoms. The molecular formula is C18H14BrF2N3O3. The lowest BCUT2D eigenvalue weighted by molar-refractivity contribution is -0.0498. The van der Waals surface area contributed by atoms with Crippen LogP contribution in [0.1, 0.15) is 10.4 Å². The number of ether oxygens (including phenoxy) is 2. The van der Waals surface area contributed by atoms with E-state index >= 15 is 0 Å². The first kappa shape index (κ1) is 18.8. The maximum Gasteiger partial charge on any atom is 0.387 e. The van der Waals surface area contributed by atoms with Gasteiger partial charge in [-0.3, -0.25) is 4.79 Å². The van der Waals surface area contributed by atoms with Crippen LogP contribution in [0.2, 0.25) is 0 Å². The van der Waals surface area contributed by atoms with Gasteiger partial charge in [0.25, 0.3) is 5.91 Å². The molecule has 0 fully saturated rings. The van der Waals surface area contributed by atoms with Crippen molar-refractivity contribution in [3.63, 3.8) is 0 Å². The van der Waals surface area contributed by atoms with Crippen molar-refractivity contribution in [2.45, 2.75) is 13.3 Å². The number of anilines is 1. The molecule has 0 unspecified atom stereocenters. The molecule has 140 valence electrons. The van der Waals surface area contributed by atoms with Crippen LogP contribution < -0.4 is 14.8 Å². The fraction of sp³-hybridized carbons (Fsp3) is 0.111. The highest BCUT2D eigenvalue weighted by molar-refractivity contribution is 9.10. The van der Waals surface area contributed by atoms with E-state index in [9.17, 15) is 13.6 Å². The molecule has 0 atom stereocenters. The minimum Gasteiger partial charge on any atom is -0.471 e. The SMILES string of the molecule is O=C(Nc1cnn(COc2ccc(Br)cc2)c1)c1ccc(OC(F)F)cc1. The number of halogens is 3. The van der Waals surface area contributed by atoms with E-state index in [0.717, 1.165) is 4.47 Å². The van der Waals surface area contributed by atoms with Crippen molar-refractivity contribution in [3.8, 4) is 11.5 Å². The first-order chi connectivity index (χ1) is 13.0. The van der Waals surface area contributed by atoms with E-state index in [1.54, 1.807) is 6.20 Å². The number of aromatic nitrogens is 2. The molecule has 0 aliphatic carbocycles. The Bertz CT molecular complexity index is 899. The van der Waals surface area contributed by atoms with Gasteiger partial charge in [0.05, 0.1) is 18.1 Å². The highest BCUT2D eigenvalue weighted by Gasteiger charge is 2.09. The molecule has 0 spiro atoms. The fourth-order valence-corrected chi connectivity index (χ4v) is 2.43. The molecule has 3 aromatic rings. The van der Waals surface area contributed by atoms with Gasteiger partial charge >= 0.3 is 6.61 Å². The number of nitrogens with one attached hydrogen (secondary N) is 1. The highest BCUT2D eigenvalue weighted by atomic mass is 79.9. The standard InChI is InChI=1S/C18H14BrF2N3O3/c19-13-3-7-15(8-4-13)26-11-24-10-14(9-22-24)23-17(25)12-1-5-16(6-2-12)27-18(20)21/h1-10,18H,11H2,(H,23,25). The second kappa shape index (κ2) is 8.63. The highest BCUT2D eigenvalue weighted by Crippen LogP contribution is 2.18. The largest absolute Gasteiger partial charge is 0.471 e. The van der Waals surface area contributed by atoms with Crippen LogP contribution in [0.4, 0.5) is 14.5 Å². The molecule has 3 rings (SSSR count). The molecular weight excluding hydrogens is 424 g/mol. The van der Waals surface area contributed by atoms with Crippen LogP contribution in [0, 0.1) is 0 Å². The van der Waals surface area contributed by atoms with Gasteiger partial charge in [-0.05, 0) is 48.5 Å². The lowest BCUT2D eigenvalue weighted by atomic mass is 10.2. The third-order valence-electron chi connectivity index (χ3n) is 3.41. The predicted molar refractivity (Wildman–Crippen MR) is 98.0 cm³/mol. The third kappa shape index (κ3) is 5.52. The van der Waals surface area contributed by atoms with Crippen molar-refractivity contribution < 1.29 is 23.0 Å². The van der Waals surface area contributed by atoms with E-state index in [1.807, 2.05) is 24.3 Å². The number of nitrogens with zero attached hydrogens (tertiary/aromatic N) is 2. The van der Waals surface area contributed by atoms with Crippen LogP contribution >= 0.6 is 15.9 Å². The normalized spacial score (nSPS) is 10.7. The van der Waals surface area contributed by atoms with Gasteiger partial charge in [0.15, 0.2) is 6.73 Å². The second-order valence-corrected chi connectivity index (χ2v) is 6.27. The average Bonchev–Trinajstić information content (AvgIpc) is 3.08. The number of alkyl halides is 2. The number of carbonyl (C=O) groups excluding carboxylic acids is 1. The maximum absolute atomic E-state index is 12.2. The van der Waals surface area contributed by atoms with Crippen LogP contribution in [0.15, 0.2) is 65.4 Å². The third-order valence-corrected chi connectivity index (χ3v) is 3.94. The van der Waals surface area contributed by atoms with Gasteiger partial charge in [-0.2, -0.15) is 13.9 Å². The van der Waals surface area contributed by atoms with Crippen molar-refractivity contribution >= 4 is 27.5 Å². The Balaban J connectivity index is 1.55. The molecule has 9 heteroatoms. The van der Waals surface area contributed by atoms with Crippen LogP contribution in [0.3, 0.4) is 0 Å². The molecule has 6 nitrogen and oxygen atoms in total. The number of hydrogen-bond donors (Lipinski definition) is 1. The summed E-state index contributed by atoms with van der Waals surface area (Å²) in [5.74, 6) is 0.275. The summed E-state index contributed by atoms with van der Waals surface area (Å²) in [4.78, 5) is 12.2. The van der Waals surface area contributed by atoms with Gasteiger partial charge < -0.3 is 14.8 Å². The molecule has 0 saturated carbocycles. The minimum atomic E-state index is -2.91. The molecule has 0 radical (unpaired) electrons. The first-order valence-corrected chi connectivity index (χ1v) is 8.56. The number of carbonyl (C=O) groups is 1. The van der Waals surface area contributed by atoms with Gasteiger partial charge in [-0.15, -0.1) is 0 Å². The molecule has 1 amide bonds. The zero-order valence-electron chi connectivity index (χ0n) is 13.8. The van der Waals surface area contributed by atoms with Crippen LogP contribution in [-0.4, -0.2) is 22.3 Å². The summed E-state index contributed by atoms with van der Waals surface area (Å²) in [5, 5.41) is 6.78. The van der Waals surface area contributed by atoms with E-state index < -0.39 is 12.5 Å². The topological polar surface area (TPSA) is 65.4 Å². The summed E-state index contributed by atoms with van der Waals surface area (Å²) in [6, 6.07) is 12.8. The van der Waals surface area contributed by atoms with Gasteiger partial charge in [0.2, 0.25) is 0 Å². The molecule has 0 aliphatic rings. The number of amides is 1. The van der Waals surface area contributed by atoms with Gasteiger partial charge in [-0.1, -0.05) is 15.9 Å². The summed E-state index contributed by atoms with van der Waals surface area (Å²) in [6.07, 6.45) is 3.10. The molecule has 0 saturated heterocycles. The number of rotatable bonds is 7. The predicted octanol–water partition coefficient (Wildman–Crippen LogP) is 4.54. The Morgan fingerprint density at radius 2 is 1.78 bits per heavy atom. The fourth-order valence-electron chi connectivity index (χ4n) is 2.16. The molecule has 1 aromatic heterocycles. The van der Waals surface area contributed by atoms with E-state index in [2.05, 4.69) is 31.1 Å². The average molecular weight is 438 g/mol. The minimum absolute atomic E-state index is 0.0144. The summed E-state index contributed by atoms with van der Waals surface area (Å²) >= 11 is 3.35. The Hall–Kier alpha value is -2.94. The lowest BCUT2D eigenvalue weighted by Crippen LogP contribution is -2.11. The van der Waals surface area contributed by atoms with Crippen molar-refractivity contribution in [2.24, 2.45) is 0 Å². The van der Waals surface area contributed by atoms with Crippen molar-refractivity contribution in [2.75, 3.05) is 5.32 Å². The quantitative estimate of drug-likeness (QED) is 0.589. The molecule has 0 aliphatic heterocycles. The van der Waals surface area contributed by atoms with Gasteiger partial charge in [0, 0.05) is 10.0 Å². The van der Waals surface area contributed by atoms with Crippen LogP contribution in [0.25, 0.3) is 0 Å². The number of hydrogen-bond acceptors (Lipinski definition) is 4. The van der Waals surface area contributed by atoms with Crippen molar-refractivity contribution in [3.05, 3.63) is 71.0 Å². The zero-order chi connectivity index (χ0) is 19.2. The Labute approximate surface area is 161 Å². The first-order valence-electron chi connectivity index (χ1n) is 7.76. The van der Waals surface area contributed by atoms with Crippen molar-refractivity contribution in [1.82, 2.24) is 9.78 Å². The zero-order valence-corrected chi connectivity index (χ0v) is 15.4. The van der Waals surface area contributed by atoms with E-state index in [1.165, 1.54) is 35.1 Å². The molecule has 1 heterocycles. The van der Waals surface area contributed by atoms with E-state index in [0.29, 0.717) is 17.0 Å². The Morgan fingerprint density at radius 3 is 2.44 bits per heavy atom. The Morgan fingerprint density at radius 1 is 1.11 bits per heavy atom. The molecule has 1 N–H and O–H groups in total. The Kier molecular flexibility index (Phi) is 6.02. The molecule has 27 heavy (non-hydrogen) atoms. The van der Waals surface area contributed by atoms with Gasteiger partial charge in [0.1, 0.15) is 11.5 Å². The summed E-state index contributed by atoms with van der Waals surface area (Å²) in [7, 11) is 0. The van der Waals surface area contributed by atoms with Crippen molar-refractivity contribution in [1.29, 1.82) is 0 Å². The van der Waals surface area contributed by atoms with Gasteiger partial charge in [-0.25, -0.2) is 4.68 Å². The summed E-state index contributed by atoms with van der Waals surface area (Å²) < 4.78 is 36.6. The molecule has 2 aromatic carbocycles. The van der Waals surface area contributed by atoms with Crippen LogP contribution in [-0.2, 0) is 6.73 Å². The lowest BCUT2D eigenvalue weighted by Gasteiger charge is -2.06. The maximum atomic E-state index is 12.2. The smallest absolute Gasteiger partial charge is 0.387 e. The monoisotopic (exact) mass is 437 g/mol. The number of benzene rings is 2. The van der Waals surface area contributed by atoms with E-state index in [4.69, 9.17) is 4.74 Å².